The zero-order valence-corrected chi connectivity index (χ0v) is 23.5. The molecule has 0 radical (unpaired) electrons. The molecule has 2 aromatic rings. The Labute approximate surface area is 224 Å². The number of anilines is 1. The maximum absolute atomic E-state index is 13.4. The Hall–Kier alpha value is -2.29. The number of hydrogen-bond acceptors (Lipinski definition) is 4. The third kappa shape index (κ3) is 8.98. The number of sulfonamides is 1. The number of amides is 2. The minimum Gasteiger partial charge on any atom is -0.354 e. The Morgan fingerprint density at radius 1 is 1.06 bits per heavy atom. The summed E-state index contributed by atoms with van der Waals surface area (Å²) < 4.78 is 26.1. The lowest BCUT2D eigenvalue weighted by atomic mass is 10.1. The highest BCUT2D eigenvalue weighted by atomic mass is 35.5. The van der Waals surface area contributed by atoms with E-state index in [2.05, 4.69) is 5.32 Å². The lowest BCUT2D eigenvalue weighted by Gasteiger charge is -2.31. The summed E-state index contributed by atoms with van der Waals surface area (Å²) in [6.45, 7) is 6.73. The van der Waals surface area contributed by atoms with Crippen molar-refractivity contribution in [3.8, 4) is 0 Å². The summed E-state index contributed by atoms with van der Waals surface area (Å²) in [7, 11) is -3.67. The first-order valence-corrected chi connectivity index (χ1v) is 14.6. The predicted octanol–water partition coefficient (Wildman–Crippen LogP) is 5.12. The van der Waals surface area contributed by atoms with Crippen LogP contribution in [0.25, 0.3) is 0 Å². The van der Waals surface area contributed by atoms with Crippen molar-refractivity contribution >= 4 is 50.7 Å². The van der Waals surface area contributed by atoms with Crippen molar-refractivity contribution in [1.29, 1.82) is 0 Å². The van der Waals surface area contributed by atoms with E-state index >= 15 is 0 Å². The number of benzene rings is 2. The first kappa shape index (κ1) is 29.9. The van der Waals surface area contributed by atoms with Gasteiger partial charge in [0.05, 0.1) is 17.0 Å². The topological polar surface area (TPSA) is 86.8 Å². The van der Waals surface area contributed by atoms with Crippen LogP contribution in [0, 0.1) is 5.92 Å². The molecular weight excluding hydrogens is 521 g/mol. The molecule has 10 heteroatoms. The van der Waals surface area contributed by atoms with E-state index in [9.17, 15) is 18.0 Å². The molecule has 0 saturated heterocycles. The maximum atomic E-state index is 13.4. The van der Waals surface area contributed by atoms with E-state index in [1.165, 1.54) is 12.1 Å². The van der Waals surface area contributed by atoms with Gasteiger partial charge in [0.1, 0.15) is 6.04 Å². The fourth-order valence-electron chi connectivity index (χ4n) is 3.78. The number of nitrogens with zero attached hydrogens (tertiary/aromatic N) is 2. The highest BCUT2D eigenvalue weighted by molar-refractivity contribution is 7.92. The monoisotopic (exact) mass is 555 g/mol. The standard InChI is InChI=1S/C26H35Cl2N3O4S/c1-5-23(26(33)29-17-19(2)3)30(18-20-10-7-6-8-11-20)25(32)12-9-15-31(36(4,34)35)24-16-21(27)13-14-22(24)28/h6-8,10-11,13-14,16,19,23H,5,9,12,15,17-18H2,1-4H3,(H,29,33)/t23-/m1/s1. The summed E-state index contributed by atoms with van der Waals surface area (Å²) in [6, 6.07) is 13.4. The molecule has 0 spiro atoms. The number of hydrogen-bond donors (Lipinski definition) is 1. The van der Waals surface area contributed by atoms with Gasteiger partial charge in [-0.3, -0.25) is 13.9 Å². The van der Waals surface area contributed by atoms with E-state index in [4.69, 9.17) is 23.2 Å². The number of carbonyl (C=O) groups is 2. The van der Waals surface area contributed by atoms with Crippen molar-refractivity contribution in [2.24, 2.45) is 5.92 Å². The van der Waals surface area contributed by atoms with Gasteiger partial charge in [0.25, 0.3) is 0 Å². The summed E-state index contributed by atoms with van der Waals surface area (Å²) in [6.07, 6.45) is 1.84. The average Bonchev–Trinajstić information content (AvgIpc) is 2.81. The third-order valence-corrected chi connectivity index (χ3v) is 7.33. The largest absolute Gasteiger partial charge is 0.354 e. The van der Waals surface area contributed by atoms with Crippen LogP contribution in [-0.4, -0.2) is 50.5 Å². The normalized spacial score (nSPS) is 12.3. The van der Waals surface area contributed by atoms with Crippen molar-refractivity contribution in [3.63, 3.8) is 0 Å². The average molecular weight is 557 g/mol. The molecule has 0 aliphatic heterocycles. The van der Waals surface area contributed by atoms with Crippen LogP contribution in [-0.2, 0) is 26.2 Å². The molecule has 0 aromatic heterocycles. The molecule has 2 aromatic carbocycles. The molecule has 0 bridgehead atoms. The number of carbonyl (C=O) groups excluding carboxylic acids is 2. The Kier molecular flexibility index (Phi) is 11.5. The number of nitrogens with one attached hydrogen (secondary N) is 1. The minimum atomic E-state index is -3.67. The second kappa shape index (κ2) is 13.9. The van der Waals surface area contributed by atoms with Gasteiger partial charge >= 0.3 is 0 Å². The van der Waals surface area contributed by atoms with Crippen molar-refractivity contribution in [1.82, 2.24) is 10.2 Å². The molecule has 0 fully saturated rings. The van der Waals surface area contributed by atoms with E-state index in [-0.39, 0.29) is 54.4 Å². The second-order valence-corrected chi connectivity index (χ2v) is 11.9. The van der Waals surface area contributed by atoms with Crippen LogP contribution in [0.5, 0.6) is 0 Å². The highest BCUT2D eigenvalue weighted by Gasteiger charge is 2.29. The molecular formula is C26H35Cl2N3O4S. The van der Waals surface area contributed by atoms with Gasteiger partial charge in [-0.05, 0) is 42.5 Å². The highest BCUT2D eigenvalue weighted by Crippen LogP contribution is 2.31. The zero-order valence-electron chi connectivity index (χ0n) is 21.2. The maximum Gasteiger partial charge on any atom is 0.242 e. The van der Waals surface area contributed by atoms with Crippen LogP contribution in [0.2, 0.25) is 10.0 Å². The molecule has 2 amide bonds. The van der Waals surface area contributed by atoms with Crippen LogP contribution in [0.3, 0.4) is 0 Å². The summed E-state index contributed by atoms with van der Waals surface area (Å²) in [4.78, 5) is 28.0. The molecule has 7 nitrogen and oxygen atoms in total. The second-order valence-electron chi connectivity index (χ2n) is 9.10. The van der Waals surface area contributed by atoms with Crippen molar-refractivity contribution < 1.29 is 18.0 Å². The number of halogens is 2. The quantitative estimate of drug-likeness (QED) is 0.371. The van der Waals surface area contributed by atoms with Crippen molar-refractivity contribution in [3.05, 3.63) is 64.1 Å². The van der Waals surface area contributed by atoms with Crippen molar-refractivity contribution in [2.75, 3.05) is 23.7 Å². The van der Waals surface area contributed by atoms with Gasteiger partial charge < -0.3 is 10.2 Å². The summed E-state index contributed by atoms with van der Waals surface area (Å²) in [5.74, 6) is -0.139. The molecule has 0 unspecified atom stereocenters. The fraction of sp³-hybridized carbons (Fsp3) is 0.462. The Morgan fingerprint density at radius 2 is 1.72 bits per heavy atom. The predicted molar refractivity (Wildman–Crippen MR) is 147 cm³/mol. The molecule has 36 heavy (non-hydrogen) atoms. The molecule has 2 rings (SSSR count). The lowest BCUT2D eigenvalue weighted by molar-refractivity contribution is -0.141. The smallest absolute Gasteiger partial charge is 0.242 e. The van der Waals surface area contributed by atoms with E-state index in [1.807, 2.05) is 51.1 Å². The van der Waals surface area contributed by atoms with Crippen LogP contribution in [0.4, 0.5) is 5.69 Å². The molecule has 1 atom stereocenters. The number of rotatable bonds is 13. The van der Waals surface area contributed by atoms with Crippen LogP contribution < -0.4 is 9.62 Å². The SMILES string of the molecule is CC[C@H](C(=O)NCC(C)C)N(Cc1ccccc1)C(=O)CCCN(c1cc(Cl)ccc1Cl)S(C)(=O)=O. The van der Waals surface area contributed by atoms with Gasteiger partial charge in [-0.1, -0.05) is 74.3 Å². The van der Waals surface area contributed by atoms with Gasteiger partial charge in [-0.15, -0.1) is 0 Å². The van der Waals surface area contributed by atoms with E-state index in [1.54, 1.807) is 11.0 Å². The summed E-state index contributed by atoms with van der Waals surface area (Å²) in [5.41, 5.74) is 1.17. The van der Waals surface area contributed by atoms with E-state index in [0.29, 0.717) is 18.0 Å². The van der Waals surface area contributed by atoms with Gasteiger partial charge in [-0.25, -0.2) is 8.42 Å². The van der Waals surface area contributed by atoms with Crippen molar-refractivity contribution in [2.45, 2.75) is 52.6 Å². The fourth-order valence-corrected chi connectivity index (χ4v) is 5.19. The van der Waals surface area contributed by atoms with Gasteiger partial charge in [-0.2, -0.15) is 0 Å². The van der Waals surface area contributed by atoms with Gasteiger partial charge in [0.15, 0.2) is 0 Å². The Balaban J connectivity index is 2.21. The Bertz CT molecular complexity index is 1130. The molecule has 0 aliphatic carbocycles. The molecule has 0 saturated carbocycles. The lowest BCUT2D eigenvalue weighted by Crippen LogP contribution is -2.49. The third-order valence-electron chi connectivity index (χ3n) is 5.60. The van der Waals surface area contributed by atoms with Crippen LogP contribution in [0.15, 0.2) is 48.5 Å². The van der Waals surface area contributed by atoms with E-state index < -0.39 is 16.1 Å². The minimum absolute atomic E-state index is 0.0418. The zero-order chi connectivity index (χ0) is 26.9. The first-order valence-electron chi connectivity index (χ1n) is 12.0. The summed E-state index contributed by atoms with van der Waals surface area (Å²) >= 11 is 12.3. The van der Waals surface area contributed by atoms with E-state index in [0.717, 1.165) is 16.1 Å². The van der Waals surface area contributed by atoms with Crippen LogP contribution in [0.1, 0.15) is 45.6 Å². The van der Waals surface area contributed by atoms with Crippen LogP contribution >= 0.6 is 23.2 Å². The first-order chi connectivity index (χ1) is 16.9. The van der Waals surface area contributed by atoms with Gasteiger partial charge in [0.2, 0.25) is 21.8 Å². The van der Waals surface area contributed by atoms with Gasteiger partial charge in [0, 0.05) is 31.1 Å². The molecule has 198 valence electrons. The molecule has 0 heterocycles. The molecule has 0 aliphatic rings. The Morgan fingerprint density at radius 3 is 2.31 bits per heavy atom. The summed E-state index contributed by atoms with van der Waals surface area (Å²) in [5, 5.41) is 3.53. The molecule has 1 N–H and O–H groups in total.